The van der Waals surface area contributed by atoms with Crippen molar-refractivity contribution in [3.63, 3.8) is 0 Å². The van der Waals surface area contributed by atoms with Gasteiger partial charge >= 0.3 is 0 Å². The molecule has 0 aliphatic heterocycles. The van der Waals surface area contributed by atoms with Crippen LogP contribution in [0.1, 0.15) is 15.9 Å². The molecule has 0 N–H and O–H groups in total. The lowest BCUT2D eigenvalue weighted by Gasteiger charge is -2.12. The largest absolute Gasteiger partial charge is 0.493 e. The third-order valence-corrected chi connectivity index (χ3v) is 3.36. The van der Waals surface area contributed by atoms with Gasteiger partial charge in [0.05, 0.1) is 18.1 Å². The Morgan fingerprint density at radius 1 is 1.12 bits per heavy atom. The maximum Gasteiger partial charge on any atom is 0.273 e. The zero-order chi connectivity index (χ0) is 17.7. The lowest BCUT2D eigenvalue weighted by molar-refractivity contribution is -0.385. The van der Waals surface area contributed by atoms with Crippen molar-refractivity contribution < 1.29 is 19.2 Å². The van der Waals surface area contributed by atoms with Gasteiger partial charge in [-0.25, -0.2) is 0 Å². The minimum atomic E-state index is -0.492. The van der Waals surface area contributed by atoms with Gasteiger partial charge < -0.3 is 14.4 Å². The van der Waals surface area contributed by atoms with Gasteiger partial charge in [0.1, 0.15) is 6.61 Å². The van der Waals surface area contributed by atoms with E-state index in [1.807, 2.05) is 0 Å². The SMILES string of the molecule is COc1ccc([N+](=O)[O-])cc1OCc1ccc(C(=O)N(C)C)cc1. The fourth-order valence-corrected chi connectivity index (χ4v) is 2.05. The molecule has 1 amide bonds. The first-order chi connectivity index (χ1) is 11.4. The van der Waals surface area contributed by atoms with E-state index in [4.69, 9.17) is 9.47 Å². The van der Waals surface area contributed by atoms with Gasteiger partial charge in [0.25, 0.3) is 11.6 Å². The average Bonchev–Trinajstić information content (AvgIpc) is 2.59. The van der Waals surface area contributed by atoms with Crippen molar-refractivity contribution >= 4 is 11.6 Å². The molecule has 0 bridgehead atoms. The number of hydrogen-bond acceptors (Lipinski definition) is 5. The first kappa shape index (κ1) is 17.3. The number of nitro benzene ring substituents is 1. The summed E-state index contributed by atoms with van der Waals surface area (Å²) in [6.45, 7) is 0.202. The van der Waals surface area contributed by atoms with Crippen molar-refractivity contribution in [3.05, 3.63) is 63.7 Å². The predicted molar refractivity (Wildman–Crippen MR) is 88.4 cm³/mol. The van der Waals surface area contributed by atoms with Gasteiger partial charge in [-0.1, -0.05) is 12.1 Å². The quantitative estimate of drug-likeness (QED) is 0.601. The fourth-order valence-electron chi connectivity index (χ4n) is 2.05. The average molecular weight is 330 g/mol. The summed E-state index contributed by atoms with van der Waals surface area (Å²) in [5.74, 6) is 0.628. The topological polar surface area (TPSA) is 81.9 Å². The molecule has 126 valence electrons. The molecule has 0 spiro atoms. The summed E-state index contributed by atoms with van der Waals surface area (Å²) in [5.41, 5.74) is 1.34. The van der Waals surface area contributed by atoms with E-state index < -0.39 is 4.92 Å². The summed E-state index contributed by atoms with van der Waals surface area (Å²) in [6.07, 6.45) is 0. The standard InChI is InChI=1S/C17H18N2O5/c1-18(2)17(20)13-6-4-12(5-7-13)11-24-16-10-14(19(21)22)8-9-15(16)23-3/h4-10H,11H2,1-3H3. The van der Waals surface area contributed by atoms with Gasteiger partial charge in [0.2, 0.25) is 0 Å². The van der Waals surface area contributed by atoms with Crippen LogP contribution in [-0.4, -0.2) is 36.9 Å². The molecule has 0 saturated heterocycles. The van der Waals surface area contributed by atoms with Crippen molar-refractivity contribution in [2.24, 2.45) is 0 Å². The van der Waals surface area contributed by atoms with Crippen molar-refractivity contribution in [2.45, 2.75) is 6.61 Å². The van der Waals surface area contributed by atoms with E-state index in [9.17, 15) is 14.9 Å². The van der Waals surface area contributed by atoms with Crippen LogP contribution in [0.15, 0.2) is 42.5 Å². The van der Waals surface area contributed by atoms with Gasteiger partial charge in [-0.15, -0.1) is 0 Å². The maximum atomic E-state index is 11.8. The van der Waals surface area contributed by atoms with Crippen LogP contribution in [-0.2, 0) is 6.61 Å². The molecule has 0 unspecified atom stereocenters. The Morgan fingerprint density at radius 3 is 2.33 bits per heavy atom. The Kier molecular flexibility index (Phi) is 5.36. The lowest BCUT2D eigenvalue weighted by Crippen LogP contribution is -2.21. The number of carbonyl (C=O) groups excluding carboxylic acids is 1. The summed E-state index contributed by atoms with van der Waals surface area (Å²) >= 11 is 0. The zero-order valence-electron chi connectivity index (χ0n) is 13.7. The second kappa shape index (κ2) is 7.45. The number of rotatable bonds is 6. The molecule has 7 nitrogen and oxygen atoms in total. The van der Waals surface area contributed by atoms with Crippen LogP contribution in [0.3, 0.4) is 0 Å². The van der Waals surface area contributed by atoms with Crippen LogP contribution in [0.4, 0.5) is 5.69 Å². The van der Waals surface area contributed by atoms with Crippen LogP contribution in [0.2, 0.25) is 0 Å². The van der Waals surface area contributed by atoms with E-state index in [0.29, 0.717) is 17.1 Å². The molecule has 7 heteroatoms. The molecular formula is C17H18N2O5. The van der Waals surface area contributed by atoms with Crippen molar-refractivity contribution in [3.8, 4) is 11.5 Å². The highest BCUT2D eigenvalue weighted by molar-refractivity contribution is 5.93. The summed E-state index contributed by atoms with van der Waals surface area (Å²) in [5, 5.41) is 10.9. The molecule has 0 fully saturated rings. The number of nitro groups is 1. The Balaban J connectivity index is 2.12. The van der Waals surface area contributed by atoms with Gasteiger partial charge in [-0.05, 0) is 23.8 Å². The molecule has 2 aromatic carbocycles. The second-order valence-corrected chi connectivity index (χ2v) is 5.28. The number of amides is 1. The molecular weight excluding hydrogens is 312 g/mol. The molecule has 24 heavy (non-hydrogen) atoms. The van der Waals surface area contributed by atoms with Gasteiger partial charge in [0, 0.05) is 25.7 Å². The molecule has 0 saturated carbocycles. The highest BCUT2D eigenvalue weighted by Gasteiger charge is 2.13. The van der Waals surface area contributed by atoms with Crippen LogP contribution in [0, 0.1) is 10.1 Å². The minimum Gasteiger partial charge on any atom is -0.493 e. The number of methoxy groups -OCH3 is 1. The monoisotopic (exact) mass is 330 g/mol. The van der Waals surface area contributed by atoms with Crippen LogP contribution >= 0.6 is 0 Å². The summed E-state index contributed by atoms with van der Waals surface area (Å²) < 4.78 is 10.8. The predicted octanol–water partition coefficient (Wildman–Crippen LogP) is 2.88. The first-order valence-corrected chi connectivity index (χ1v) is 7.18. The first-order valence-electron chi connectivity index (χ1n) is 7.18. The molecule has 0 heterocycles. The fraction of sp³-hybridized carbons (Fsp3) is 0.235. The second-order valence-electron chi connectivity index (χ2n) is 5.28. The number of ether oxygens (including phenoxy) is 2. The number of benzene rings is 2. The molecule has 0 aliphatic rings. The molecule has 0 radical (unpaired) electrons. The van der Waals surface area contributed by atoms with E-state index in [0.717, 1.165) is 5.56 Å². The Bertz CT molecular complexity index is 741. The smallest absolute Gasteiger partial charge is 0.273 e. The minimum absolute atomic E-state index is 0.0715. The zero-order valence-corrected chi connectivity index (χ0v) is 13.7. The Hall–Kier alpha value is -3.09. The number of carbonyl (C=O) groups is 1. The Labute approximate surface area is 139 Å². The molecule has 0 atom stereocenters. The number of nitrogens with zero attached hydrogens (tertiary/aromatic N) is 2. The van der Waals surface area contributed by atoms with Gasteiger partial charge in [0.15, 0.2) is 11.5 Å². The van der Waals surface area contributed by atoms with Crippen molar-refractivity contribution in [1.29, 1.82) is 0 Å². The van der Waals surface area contributed by atoms with E-state index in [2.05, 4.69) is 0 Å². The molecule has 0 aliphatic carbocycles. The summed E-state index contributed by atoms with van der Waals surface area (Å²) in [6, 6.07) is 11.2. The van der Waals surface area contributed by atoms with Gasteiger partial charge in [-0.3, -0.25) is 14.9 Å². The van der Waals surface area contributed by atoms with Crippen LogP contribution < -0.4 is 9.47 Å². The van der Waals surface area contributed by atoms with Gasteiger partial charge in [-0.2, -0.15) is 0 Å². The van der Waals surface area contributed by atoms with E-state index in [-0.39, 0.29) is 18.2 Å². The molecule has 0 aromatic heterocycles. The third-order valence-electron chi connectivity index (χ3n) is 3.36. The normalized spacial score (nSPS) is 10.1. The Morgan fingerprint density at radius 2 is 1.79 bits per heavy atom. The molecule has 2 aromatic rings. The summed E-state index contributed by atoms with van der Waals surface area (Å²) in [4.78, 5) is 23.7. The third kappa shape index (κ3) is 4.01. The maximum absolute atomic E-state index is 11.8. The lowest BCUT2D eigenvalue weighted by atomic mass is 10.1. The van der Waals surface area contributed by atoms with E-state index >= 15 is 0 Å². The molecule has 2 rings (SSSR count). The van der Waals surface area contributed by atoms with Crippen LogP contribution in [0.5, 0.6) is 11.5 Å². The van der Waals surface area contributed by atoms with Crippen molar-refractivity contribution in [2.75, 3.05) is 21.2 Å². The number of hydrogen-bond donors (Lipinski definition) is 0. The van der Waals surface area contributed by atoms with Crippen molar-refractivity contribution in [1.82, 2.24) is 4.90 Å². The number of non-ortho nitro benzene ring substituents is 1. The van der Waals surface area contributed by atoms with E-state index in [1.165, 1.54) is 30.2 Å². The van der Waals surface area contributed by atoms with E-state index in [1.54, 1.807) is 38.4 Å². The van der Waals surface area contributed by atoms with Crippen LogP contribution in [0.25, 0.3) is 0 Å². The summed E-state index contributed by atoms with van der Waals surface area (Å²) in [7, 11) is 4.84. The highest BCUT2D eigenvalue weighted by atomic mass is 16.6. The highest BCUT2D eigenvalue weighted by Crippen LogP contribution is 2.31.